The van der Waals surface area contributed by atoms with Crippen molar-refractivity contribution in [3.05, 3.63) is 36.2 Å². The zero-order chi connectivity index (χ0) is 26.2. The van der Waals surface area contributed by atoms with E-state index < -0.39 is 15.4 Å². The summed E-state index contributed by atoms with van der Waals surface area (Å²) < 4.78 is 37.7. The third-order valence-corrected chi connectivity index (χ3v) is 9.56. The van der Waals surface area contributed by atoms with Gasteiger partial charge in [0.25, 0.3) is 0 Å². The van der Waals surface area contributed by atoms with Crippen molar-refractivity contribution in [2.24, 2.45) is 0 Å². The van der Waals surface area contributed by atoms with Crippen LogP contribution in [0.25, 0.3) is 0 Å². The van der Waals surface area contributed by atoms with Crippen molar-refractivity contribution < 1.29 is 22.7 Å². The molecule has 2 aromatic rings. The van der Waals surface area contributed by atoms with E-state index in [0.29, 0.717) is 43.3 Å². The first-order valence-electron chi connectivity index (χ1n) is 13.2. The number of hydrogen-bond acceptors (Lipinski definition) is 8. The summed E-state index contributed by atoms with van der Waals surface area (Å²) in [6.45, 7) is 7.45. The SMILES string of the molecule is CC(C)(C)OC(=O)N1CCC(Oc2cc(N3CCc4cc(S(=O)(=O)C5CCCC5)ccc43)ncn2)CC1. The summed E-state index contributed by atoms with van der Waals surface area (Å²) in [7, 11) is -3.28. The van der Waals surface area contributed by atoms with Crippen LogP contribution in [-0.2, 0) is 21.0 Å². The minimum absolute atomic E-state index is 0.0457. The number of likely N-dealkylation sites (tertiary alicyclic amines) is 1. The minimum atomic E-state index is -3.28. The highest BCUT2D eigenvalue weighted by Gasteiger charge is 2.32. The summed E-state index contributed by atoms with van der Waals surface area (Å²) in [6.07, 6.45) is 6.81. The summed E-state index contributed by atoms with van der Waals surface area (Å²) in [5.41, 5.74) is 1.48. The second kappa shape index (κ2) is 10.1. The summed E-state index contributed by atoms with van der Waals surface area (Å²) in [5, 5.41) is -0.249. The molecule has 10 heteroatoms. The van der Waals surface area contributed by atoms with Crippen LogP contribution in [0.3, 0.4) is 0 Å². The van der Waals surface area contributed by atoms with Crippen molar-refractivity contribution in [2.45, 2.75) is 87.6 Å². The average molecular weight is 529 g/mol. The Labute approximate surface area is 219 Å². The molecule has 1 aliphatic carbocycles. The second-order valence-electron chi connectivity index (χ2n) is 11.1. The quantitative estimate of drug-likeness (QED) is 0.552. The molecule has 9 nitrogen and oxygen atoms in total. The monoisotopic (exact) mass is 528 g/mol. The molecular formula is C27H36N4O5S. The number of amides is 1. The van der Waals surface area contributed by atoms with Crippen LogP contribution in [0.2, 0.25) is 0 Å². The van der Waals surface area contributed by atoms with E-state index >= 15 is 0 Å². The predicted octanol–water partition coefficient (Wildman–Crippen LogP) is 4.67. The van der Waals surface area contributed by atoms with Gasteiger partial charge in [-0.3, -0.25) is 0 Å². The highest BCUT2D eigenvalue weighted by molar-refractivity contribution is 7.92. The number of sulfone groups is 1. The molecule has 3 heterocycles. The van der Waals surface area contributed by atoms with Crippen LogP contribution in [0.1, 0.15) is 64.9 Å². The number of ether oxygens (including phenoxy) is 2. The number of aromatic nitrogens is 2. The number of anilines is 2. The van der Waals surface area contributed by atoms with Crippen LogP contribution in [0.15, 0.2) is 35.5 Å². The molecule has 2 fully saturated rings. The van der Waals surface area contributed by atoms with Crippen molar-refractivity contribution in [2.75, 3.05) is 24.5 Å². The maximum atomic E-state index is 13.1. The number of hydrogen-bond donors (Lipinski definition) is 0. The van der Waals surface area contributed by atoms with Gasteiger partial charge in [-0.25, -0.2) is 23.2 Å². The largest absolute Gasteiger partial charge is 0.474 e. The number of nitrogens with zero attached hydrogens (tertiary/aromatic N) is 4. The van der Waals surface area contributed by atoms with Gasteiger partial charge >= 0.3 is 6.09 Å². The highest BCUT2D eigenvalue weighted by atomic mass is 32.2. The molecule has 37 heavy (non-hydrogen) atoms. The summed E-state index contributed by atoms with van der Waals surface area (Å²) >= 11 is 0. The average Bonchev–Trinajstić information content (AvgIpc) is 3.54. The molecule has 5 rings (SSSR count). The topological polar surface area (TPSA) is 102 Å². The molecule has 0 radical (unpaired) electrons. The smallest absolute Gasteiger partial charge is 0.410 e. The number of fused-ring (bicyclic) bond motifs is 1. The molecule has 1 aromatic heterocycles. The first-order chi connectivity index (χ1) is 17.6. The van der Waals surface area contributed by atoms with Crippen LogP contribution in [0, 0.1) is 0 Å². The normalized spacial score (nSPS) is 19.2. The molecule has 1 amide bonds. The van der Waals surface area contributed by atoms with E-state index in [1.165, 1.54) is 6.33 Å². The van der Waals surface area contributed by atoms with Crippen LogP contribution >= 0.6 is 0 Å². The Morgan fingerprint density at radius 1 is 1.00 bits per heavy atom. The maximum absolute atomic E-state index is 13.1. The molecule has 1 aromatic carbocycles. The first kappa shape index (κ1) is 25.8. The van der Waals surface area contributed by atoms with Gasteiger partial charge in [-0.2, -0.15) is 0 Å². The summed E-state index contributed by atoms with van der Waals surface area (Å²) in [4.78, 5) is 25.3. The lowest BCUT2D eigenvalue weighted by Gasteiger charge is -2.33. The van der Waals surface area contributed by atoms with E-state index in [4.69, 9.17) is 9.47 Å². The molecule has 0 spiro atoms. The van der Waals surface area contributed by atoms with Crippen LogP contribution in [0.5, 0.6) is 5.88 Å². The van der Waals surface area contributed by atoms with E-state index in [2.05, 4.69) is 14.9 Å². The Bertz CT molecular complexity index is 1250. The lowest BCUT2D eigenvalue weighted by Crippen LogP contribution is -2.44. The Morgan fingerprint density at radius 2 is 1.73 bits per heavy atom. The summed E-state index contributed by atoms with van der Waals surface area (Å²) in [6, 6.07) is 7.32. The third-order valence-electron chi connectivity index (χ3n) is 7.30. The fraction of sp³-hybridized carbons (Fsp3) is 0.593. The molecule has 0 N–H and O–H groups in total. The predicted molar refractivity (Wildman–Crippen MR) is 140 cm³/mol. The van der Waals surface area contributed by atoms with E-state index in [9.17, 15) is 13.2 Å². The van der Waals surface area contributed by atoms with Gasteiger partial charge in [-0.05, 0) is 63.8 Å². The van der Waals surface area contributed by atoms with Gasteiger partial charge in [0.15, 0.2) is 9.84 Å². The molecule has 1 saturated heterocycles. The molecule has 0 bridgehead atoms. The van der Waals surface area contributed by atoms with Gasteiger partial charge < -0.3 is 19.3 Å². The lowest BCUT2D eigenvalue weighted by molar-refractivity contribution is 0.0123. The fourth-order valence-electron chi connectivity index (χ4n) is 5.38. The third kappa shape index (κ3) is 5.68. The molecule has 200 valence electrons. The number of carbonyl (C=O) groups is 1. The van der Waals surface area contributed by atoms with Gasteiger partial charge in [0.05, 0.1) is 10.1 Å². The Kier molecular flexibility index (Phi) is 7.04. The van der Waals surface area contributed by atoms with Crippen molar-refractivity contribution in [1.82, 2.24) is 14.9 Å². The van der Waals surface area contributed by atoms with E-state index in [-0.39, 0.29) is 17.4 Å². The molecular weight excluding hydrogens is 492 g/mol. The zero-order valence-corrected chi connectivity index (χ0v) is 22.7. The minimum Gasteiger partial charge on any atom is -0.474 e. The standard InChI is InChI=1S/C27H36N4O5S/c1-27(2,3)36-26(32)30-13-11-20(12-14-30)35-25-17-24(28-18-29-25)31-15-10-19-16-22(8-9-23(19)31)37(33,34)21-6-4-5-7-21/h8-9,16-18,20-21H,4-7,10-15H2,1-3H3. The van der Waals surface area contributed by atoms with Crippen molar-refractivity contribution >= 4 is 27.4 Å². The molecule has 2 aliphatic heterocycles. The fourth-order valence-corrected chi connectivity index (χ4v) is 7.28. The van der Waals surface area contributed by atoms with Crippen LogP contribution in [-0.4, -0.2) is 66.0 Å². The number of rotatable bonds is 5. The van der Waals surface area contributed by atoms with Gasteiger partial charge in [0, 0.05) is 44.2 Å². The van der Waals surface area contributed by atoms with E-state index in [1.54, 1.807) is 11.0 Å². The van der Waals surface area contributed by atoms with E-state index in [0.717, 1.165) is 49.2 Å². The van der Waals surface area contributed by atoms with Gasteiger partial charge in [0.2, 0.25) is 5.88 Å². The van der Waals surface area contributed by atoms with Gasteiger partial charge in [0.1, 0.15) is 23.9 Å². The van der Waals surface area contributed by atoms with E-state index in [1.807, 2.05) is 39.0 Å². The second-order valence-corrected chi connectivity index (χ2v) is 13.4. The molecule has 3 aliphatic rings. The van der Waals surface area contributed by atoms with Crippen molar-refractivity contribution in [3.8, 4) is 5.88 Å². The maximum Gasteiger partial charge on any atom is 0.410 e. The highest BCUT2D eigenvalue weighted by Crippen LogP contribution is 2.37. The zero-order valence-electron chi connectivity index (χ0n) is 21.9. The number of carbonyl (C=O) groups excluding carboxylic acids is 1. The summed E-state index contributed by atoms with van der Waals surface area (Å²) in [5.74, 6) is 1.22. The molecule has 0 unspecified atom stereocenters. The van der Waals surface area contributed by atoms with Crippen LogP contribution < -0.4 is 9.64 Å². The Morgan fingerprint density at radius 3 is 2.43 bits per heavy atom. The van der Waals surface area contributed by atoms with Crippen molar-refractivity contribution in [3.63, 3.8) is 0 Å². The first-order valence-corrected chi connectivity index (χ1v) is 14.8. The Balaban J connectivity index is 1.23. The number of piperidine rings is 1. The molecule has 1 saturated carbocycles. The van der Waals surface area contributed by atoms with Crippen LogP contribution in [0.4, 0.5) is 16.3 Å². The Hall–Kier alpha value is -2.88. The lowest BCUT2D eigenvalue weighted by atomic mass is 10.1. The number of benzene rings is 1. The van der Waals surface area contributed by atoms with Gasteiger partial charge in [-0.1, -0.05) is 12.8 Å². The van der Waals surface area contributed by atoms with Gasteiger partial charge in [-0.15, -0.1) is 0 Å². The van der Waals surface area contributed by atoms with Crippen molar-refractivity contribution in [1.29, 1.82) is 0 Å². The molecule has 0 atom stereocenters.